The minimum absolute atomic E-state index is 0.0146. The highest BCUT2D eigenvalue weighted by molar-refractivity contribution is 5.19. The summed E-state index contributed by atoms with van der Waals surface area (Å²) in [5.74, 6) is -1.60. The van der Waals surface area contributed by atoms with Crippen molar-refractivity contribution in [3.8, 4) is 0 Å². The van der Waals surface area contributed by atoms with Crippen molar-refractivity contribution in [1.29, 1.82) is 0 Å². The average molecular weight is 251 g/mol. The van der Waals surface area contributed by atoms with Crippen LogP contribution in [0.1, 0.15) is 37.7 Å². The summed E-state index contributed by atoms with van der Waals surface area (Å²) < 4.78 is 25.9. The van der Waals surface area contributed by atoms with E-state index in [0.717, 1.165) is 30.9 Å². The van der Waals surface area contributed by atoms with Crippen molar-refractivity contribution >= 4 is 0 Å². The first kappa shape index (κ1) is 13.2. The predicted octanol–water partition coefficient (Wildman–Crippen LogP) is 3.73. The Labute approximate surface area is 107 Å². The molecule has 0 aromatic heterocycles. The Kier molecular flexibility index (Phi) is 4.48. The molecule has 0 saturated heterocycles. The van der Waals surface area contributed by atoms with Gasteiger partial charge in [0.25, 0.3) is 0 Å². The third-order valence-electron chi connectivity index (χ3n) is 3.39. The van der Waals surface area contributed by atoms with Crippen molar-refractivity contribution in [2.45, 2.75) is 44.6 Å². The Balaban J connectivity index is 1.92. The van der Waals surface area contributed by atoms with Crippen molar-refractivity contribution < 1.29 is 8.78 Å². The Bertz CT molecular complexity index is 440. The van der Waals surface area contributed by atoms with Gasteiger partial charge in [-0.05, 0) is 56.2 Å². The van der Waals surface area contributed by atoms with Crippen molar-refractivity contribution in [3.63, 3.8) is 0 Å². The molecule has 0 fully saturated rings. The predicted molar refractivity (Wildman–Crippen MR) is 69.2 cm³/mol. The summed E-state index contributed by atoms with van der Waals surface area (Å²) in [7, 11) is 0. The van der Waals surface area contributed by atoms with E-state index in [9.17, 15) is 8.78 Å². The molecule has 18 heavy (non-hydrogen) atoms. The van der Waals surface area contributed by atoms with Crippen LogP contribution < -0.4 is 5.73 Å². The lowest BCUT2D eigenvalue weighted by atomic mass is 9.92. The number of halogens is 2. The summed E-state index contributed by atoms with van der Waals surface area (Å²) in [6.07, 6.45) is 8.51. The van der Waals surface area contributed by atoms with E-state index in [1.54, 1.807) is 6.07 Å². The standard InChI is InChI=1S/C15H19F2N/c16-14-7-6-12(10-15(14)17)9-13(18)8-11-4-2-1-3-5-11/h4,6-7,10,13H,1-3,5,8-9,18H2. The van der Waals surface area contributed by atoms with E-state index in [2.05, 4.69) is 6.08 Å². The molecule has 3 heteroatoms. The van der Waals surface area contributed by atoms with E-state index in [-0.39, 0.29) is 6.04 Å². The molecule has 0 amide bonds. The third-order valence-corrected chi connectivity index (χ3v) is 3.39. The zero-order valence-electron chi connectivity index (χ0n) is 10.5. The largest absolute Gasteiger partial charge is 0.327 e. The molecule has 0 heterocycles. The molecule has 1 nitrogen and oxygen atoms in total. The summed E-state index contributed by atoms with van der Waals surface area (Å²) in [6.45, 7) is 0. The maximum absolute atomic E-state index is 13.1. The van der Waals surface area contributed by atoms with Gasteiger partial charge in [0.1, 0.15) is 0 Å². The van der Waals surface area contributed by atoms with Crippen LogP contribution in [0.3, 0.4) is 0 Å². The zero-order valence-corrected chi connectivity index (χ0v) is 10.5. The first-order valence-corrected chi connectivity index (χ1v) is 6.52. The highest BCUT2D eigenvalue weighted by atomic mass is 19.2. The molecule has 1 aromatic carbocycles. The smallest absolute Gasteiger partial charge is 0.159 e. The maximum Gasteiger partial charge on any atom is 0.159 e. The van der Waals surface area contributed by atoms with Crippen LogP contribution in [0.25, 0.3) is 0 Å². The van der Waals surface area contributed by atoms with Crippen LogP contribution >= 0.6 is 0 Å². The number of hydrogen-bond donors (Lipinski definition) is 1. The summed E-state index contributed by atoms with van der Waals surface area (Å²) >= 11 is 0. The minimum Gasteiger partial charge on any atom is -0.327 e. The lowest BCUT2D eigenvalue weighted by Crippen LogP contribution is -2.23. The number of nitrogens with two attached hydrogens (primary N) is 1. The molecule has 98 valence electrons. The fraction of sp³-hybridized carbons (Fsp3) is 0.467. The van der Waals surface area contributed by atoms with Gasteiger partial charge in [-0.2, -0.15) is 0 Å². The molecule has 1 atom stereocenters. The second-order valence-corrected chi connectivity index (χ2v) is 5.02. The van der Waals surface area contributed by atoms with Gasteiger partial charge >= 0.3 is 0 Å². The molecule has 1 aliphatic carbocycles. The third kappa shape index (κ3) is 3.64. The molecule has 0 aliphatic heterocycles. The van der Waals surface area contributed by atoms with E-state index in [4.69, 9.17) is 5.73 Å². The average Bonchev–Trinajstić information content (AvgIpc) is 2.35. The minimum atomic E-state index is -0.803. The van der Waals surface area contributed by atoms with Crippen LogP contribution in [0.2, 0.25) is 0 Å². The second-order valence-electron chi connectivity index (χ2n) is 5.02. The summed E-state index contributed by atoms with van der Waals surface area (Å²) in [4.78, 5) is 0. The Morgan fingerprint density at radius 1 is 1.11 bits per heavy atom. The number of hydrogen-bond acceptors (Lipinski definition) is 1. The molecule has 2 N–H and O–H groups in total. The molecular formula is C15H19F2N. The summed E-state index contributed by atoms with van der Waals surface area (Å²) in [5.41, 5.74) is 8.24. The van der Waals surface area contributed by atoms with E-state index in [0.29, 0.717) is 6.42 Å². The first-order chi connectivity index (χ1) is 8.65. The van der Waals surface area contributed by atoms with Gasteiger partial charge in [-0.1, -0.05) is 17.7 Å². The lowest BCUT2D eigenvalue weighted by molar-refractivity contribution is 0.505. The molecule has 1 aliphatic rings. The van der Waals surface area contributed by atoms with E-state index in [1.807, 2.05) is 0 Å². The van der Waals surface area contributed by atoms with Gasteiger partial charge in [-0.15, -0.1) is 0 Å². The van der Waals surface area contributed by atoms with Gasteiger partial charge in [-0.25, -0.2) is 8.78 Å². The molecule has 0 bridgehead atoms. The van der Waals surface area contributed by atoms with E-state index in [1.165, 1.54) is 24.5 Å². The van der Waals surface area contributed by atoms with Crippen molar-refractivity contribution in [2.24, 2.45) is 5.73 Å². The molecule has 0 spiro atoms. The second kappa shape index (κ2) is 6.10. The molecule has 0 radical (unpaired) electrons. The van der Waals surface area contributed by atoms with Crippen LogP contribution in [0.5, 0.6) is 0 Å². The fourth-order valence-electron chi connectivity index (χ4n) is 2.47. The molecule has 0 saturated carbocycles. The van der Waals surface area contributed by atoms with Crippen molar-refractivity contribution in [2.75, 3.05) is 0 Å². The Morgan fingerprint density at radius 2 is 1.94 bits per heavy atom. The Hall–Kier alpha value is -1.22. The van der Waals surface area contributed by atoms with Gasteiger partial charge in [0.2, 0.25) is 0 Å². The van der Waals surface area contributed by atoms with Crippen LogP contribution in [-0.2, 0) is 6.42 Å². The number of benzene rings is 1. The zero-order chi connectivity index (χ0) is 13.0. The highest BCUT2D eigenvalue weighted by Crippen LogP contribution is 2.22. The van der Waals surface area contributed by atoms with Crippen LogP contribution in [0.4, 0.5) is 8.78 Å². The van der Waals surface area contributed by atoms with Crippen molar-refractivity contribution in [1.82, 2.24) is 0 Å². The summed E-state index contributed by atoms with van der Waals surface area (Å²) in [5, 5.41) is 0. The van der Waals surface area contributed by atoms with Crippen LogP contribution in [0, 0.1) is 11.6 Å². The normalized spacial score (nSPS) is 17.4. The van der Waals surface area contributed by atoms with Crippen LogP contribution in [0.15, 0.2) is 29.8 Å². The van der Waals surface area contributed by atoms with E-state index >= 15 is 0 Å². The maximum atomic E-state index is 13.1. The lowest BCUT2D eigenvalue weighted by Gasteiger charge is -2.17. The van der Waals surface area contributed by atoms with Gasteiger partial charge < -0.3 is 5.73 Å². The monoisotopic (exact) mass is 251 g/mol. The molecule has 2 rings (SSSR count). The quantitative estimate of drug-likeness (QED) is 0.811. The van der Waals surface area contributed by atoms with Gasteiger partial charge in [-0.3, -0.25) is 0 Å². The topological polar surface area (TPSA) is 26.0 Å². The Morgan fingerprint density at radius 3 is 2.61 bits per heavy atom. The van der Waals surface area contributed by atoms with Crippen molar-refractivity contribution in [3.05, 3.63) is 47.0 Å². The highest BCUT2D eigenvalue weighted by Gasteiger charge is 2.11. The first-order valence-electron chi connectivity index (χ1n) is 6.52. The van der Waals surface area contributed by atoms with Gasteiger partial charge in [0.05, 0.1) is 0 Å². The molecular weight excluding hydrogens is 232 g/mol. The number of allylic oxidation sites excluding steroid dienone is 1. The van der Waals surface area contributed by atoms with Gasteiger partial charge in [0.15, 0.2) is 11.6 Å². The SMILES string of the molecule is NC(CC1=CCCCC1)Cc1ccc(F)c(F)c1. The van der Waals surface area contributed by atoms with Crippen LogP contribution in [-0.4, -0.2) is 6.04 Å². The molecule has 1 aromatic rings. The van der Waals surface area contributed by atoms with E-state index < -0.39 is 11.6 Å². The van der Waals surface area contributed by atoms with Gasteiger partial charge in [0, 0.05) is 6.04 Å². The summed E-state index contributed by atoms with van der Waals surface area (Å²) in [6, 6.07) is 3.99. The molecule has 1 unspecified atom stereocenters. The number of rotatable bonds is 4. The fourth-order valence-corrected chi connectivity index (χ4v) is 2.47.